The Morgan fingerprint density at radius 3 is 2.78 bits per heavy atom. The summed E-state index contributed by atoms with van der Waals surface area (Å²) in [6.45, 7) is 4.85. The minimum absolute atomic E-state index is 0.0507. The lowest BCUT2D eigenvalue weighted by Gasteiger charge is -2.45. The average Bonchev–Trinajstić information content (AvgIpc) is 2.85. The van der Waals surface area contributed by atoms with Crippen LogP contribution in [0.1, 0.15) is 25.7 Å². The van der Waals surface area contributed by atoms with Crippen molar-refractivity contribution in [2.24, 2.45) is 0 Å². The number of morpholine rings is 1. The molecule has 1 atom stereocenters. The molecule has 3 aliphatic rings. The van der Waals surface area contributed by atoms with Gasteiger partial charge in [0.15, 0.2) is 0 Å². The molecule has 5 heteroatoms. The Balaban J connectivity index is 1.64. The highest BCUT2D eigenvalue weighted by atomic mass is 16.5. The Labute approximate surface area is 108 Å². The number of carbonyl (C=O) groups excluding carboxylic acids is 1. The molecule has 3 rings (SSSR count). The predicted octanol–water partition coefficient (Wildman–Crippen LogP) is -0.165. The van der Waals surface area contributed by atoms with E-state index in [0.717, 1.165) is 39.1 Å². The lowest BCUT2D eigenvalue weighted by Crippen LogP contribution is -2.61. The van der Waals surface area contributed by atoms with Gasteiger partial charge in [0.2, 0.25) is 0 Å². The van der Waals surface area contributed by atoms with Crippen molar-refractivity contribution in [3.63, 3.8) is 0 Å². The van der Waals surface area contributed by atoms with Crippen LogP contribution < -0.4 is 0 Å². The monoisotopic (exact) mass is 254 g/mol. The van der Waals surface area contributed by atoms with Crippen LogP contribution >= 0.6 is 0 Å². The summed E-state index contributed by atoms with van der Waals surface area (Å²) in [5.41, 5.74) is -1.07. The molecule has 18 heavy (non-hydrogen) atoms. The number of nitrogens with zero attached hydrogens (tertiary/aromatic N) is 2. The first-order chi connectivity index (χ1) is 8.69. The minimum atomic E-state index is -1.07. The van der Waals surface area contributed by atoms with Gasteiger partial charge < -0.3 is 14.7 Å². The SMILES string of the molecule is O=C(N1CCN2CCOCC2C1)C1(O)CCCC1. The summed E-state index contributed by atoms with van der Waals surface area (Å²) in [4.78, 5) is 16.7. The highest BCUT2D eigenvalue weighted by Crippen LogP contribution is 2.32. The largest absolute Gasteiger partial charge is 0.380 e. The van der Waals surface area contributed by atoms with Crippen molar-refractivity contribution in [3.8, 4) is 0 Å². The number of carbonyl (C=O) groups is 1. The Morgan fingerprint density at radius 1 is 1.22 bits per heavy atom. The van der Waals surface area contributed by atoms with Crippen LogP contribution in [-0.2, 0) is 9.53 Å². The van der Waals surface area contributed by atoms with Gasteiger partial charge in [0.05, 0.1) is 19.3 Å². The summed E-state index contributed by atoms with van der Waals surface area (Å²) in [5.74, 6) is -0.0507. The summed E-state index contributed by atoms with van der Waals surface area (Å²) in [5, 5.41) is 10.4. The highest BCUT2D eigenvalue weighted by Gasteiger charge is 2.43. The van der Waals surface area contributed by atoms with E-state index in [1.807, 2.05) is 4.90 Å². The molecule has 1 amide bonds. The fourth-order valence-electron chi connectivity index (χ4n) is 3.40. The number of amides is 1. The van der Waals surface area contributed by atoms with Crippen molar-refractivity contribution in [1.29, 1.82) is 0 Å². The molecule has 1 unspecified atom stereocenters. The van der Waals surface area contributed by atoms with Crippen LogP contribution in [0.2, 0.25) is 0 Å². The molecule has 0 spiro atoms. The molecule has 2 aliphatic heterocycles. The van der Waals surface area contributed by atoms with Crippen LogP contribution in [0.5, 0.6) is 0 Å². The third-order valence-corrected chi connectivity index (χ3v) is 4.55. The number of ether oxygens (including phenoxy) is 1. The second-order valence-corrected chi connectivity index (χ2v) is 5.75. The van der Waals surface area contributed by atoms with Gasteiger partial charge >= 0.3 is 0 Å². The molecule has 1 N–H and O–H groups in total. The molecule has 0 aromatic rings. The summed E-state index contributed by atoms with van der Waals surface area (Å²) in [6, 6.07) is 0.321. The van der Waals surface area contributed by atoms with Gasteiger partial charge in [-0.15, -0.1) is 0 Å². The molecule has 0 radical (unpaired) electrons. The Bertz CT molecular complexity index is 328. The standard InChI is InChI=1S/C13H22N2O3/c16-12(13(17)3-1-2-4-13)15-6-5-14-7-8-18-10-11(14)9-15/h11,17H,1-10H2. The summed E-state index contributed by atoms with van der Waals surface area (Å²) < 4.78 is 5.48. The van der Waals surface area contributed by atoms with Crippen molar-refractivity contribution in [2.45, 2.75) is 37.3 Å². The second kappa shape index (κ2) is 4.79. The third kappa shape index (κ3) is 2.15. The Morgan fingerprint density at radius 2 is 2.00 bits per heavy atom. The fourth-order valence-corrected chi connectivity index (χ4v) is 3.40. The summed E-state index contributed by atoms with van der Waals surface area (Å²) >= 11 is 0. The summed E-state index contributed by atoms with van der Waals surface area (Å²) in [6.07, 6.45) is 3.20. The minimum Gasteiger partial charge on any atom is -0.380 e. The molecule has 2 saturated heterocycles. The fraction of sp³-hybridized carbons (Fsp3) is 0.923. The molecule has 1 saturated carbocycles. The van der Waals surface area contributed by atoms with Gasteiger partial charge in [-0.05, 0) is 25.7 Å². The average molecular weight is 254 g/mol. The molecular weight excluding hydrogens is 232 g/mol. The predicted molar refractivity (Wildman–Crippen MR) is 66.2 cm³/mol. The topological polar surface area (TPSA) is 53.0 Å². The van der Waals surface area contributed by atoms with Gasteiger partial charge in [-0.3, -0.25) is 9.69 Å². The maximum atomic E-state index is 12.4. The molecule has 0 aromatic carbocycles. The first-order valence-corrected chi connectivity index (χ1v) is 7.03. The molecule has 102 valence electrons. The van der Waals surface area contributed by atoms with Gasteiger partial charge in [-0.25, -0.2) is 0 Å². The molecule has 2 heterocycles. The molecule has 1 aliphatic carbocycles. The lowest BCUT2D eigenvalue weighted by atomic mass is 9.99. The molecule has 5 nitrogen and oxygen atoms in total. The molecule has 0 bridgehead atoms. The van der Waals surface area contributed by atoms with E-state index in [9.17, 15) is 9.90 Å². The van der Waals surface area contributed by atoms with Crippen LogP contribution in [0.4, 0.5) is 0 Å². The van der Waals surface area contributed by atoms with E-state index >= 15 is 0 Å². The molecule has 0 aromatic heterocycles. The zero-order chi connectivity index (χ0) is 12.6. The Kier molecular flexibility index (Phi) is 3.30. The van der Waals surface area contributed by atoms with Crippen LogP contribution in [0.15, 0.2) is 0 Å². The Hall–Kier alpha value is -0.650. The first-order valence-electron chi connectivity index (χ1n) is 7.03. The number of rotatable bonds is 1. The van der Waals surface area contributed by atoms with Gasteiger partial charge in [-0.1, -0.05) is 0 Å². The lowest BCUT2D eigenvalue weighted by molar-refractivity contribution is -0.156. The molecular formula is C13H22N2O3. The van der Waals surface area contributed by atoms with Gasteiger partial charge in [0, 0.05) is 26.2 Å². The number of hydrogen-bond donors (Lipinski definition) is 1. The van der Waals surface area contributed by atoms with E-state index in [-0.39, 0.29) is 5.91 Å². The smallest absolute Gasteiger partial charge is 0.254 e. The van der Waals surface area contributed by atoms with Crippen LogP contribution in [0, 0.1) is 0 Å². The van der Waals surface area contributed by atoms with E-state index in [2.05, 4.69) is 4.90 Å². The van der Waals surface area contributed by atoms with Crippen LogP contribution in [0.25, 0.3) is 0 Å². The van der Waals surface area contributed by atoms with Crippen LogP contribution in [-0.4, -0.2) is 71.8 Å². The zero-order valence-corrected chi connectivity index (χ0v) is 10.8. The van der Waals surface area contributed by atoms with Gasteiger partial charge in [0.1, 0.15) is 5.60 Å². The highest BCUT2D eigenvalue weighted by molar-refractivity contribution is 5.85. The first kappa shape index (κ1) is 12.4. The van der Waals surface area contributed by atoms with E-state index in [0.29, 0.717) is 32.0 Å². The van der Waals surface area contributed by atoms with Gasteiger partial charge in [0.25, 0.3) is 5.91 Å². The van der Waals surface area contributed by atoms with Crippen molar-refractivity contribution in [2.75, 3.05) is 39.4 Å². The number of piperazine rings is 1. The van der Waals surface area contributed by atoms with Gasteiger partial charge in [-0.2, -0.15) is 0 Å². The number of aliphatic hydroxyl groups is 1. The number of hydrogen-bond acceptors (Lipinski definition) is 4. The van der Waals surface area contributed by atoms with Crippen molar-refractivity contribution >= 4 is 5.91 Å². The second-order valence-electron chi connectivity index (χ2n) is 5.75. The molecule has 3 fully saturated rings. The maximum Gasteiger partial charge on any atom is 0.254 e. The van der Waals surface area contributed by atoms with Crippen molar-refractivity contribution in [3.05, 3.63) is 0 Å². The normalized spacial score (nSPS) is 32.3. The van der Waals surface area contributed by atoms with Crippen LogP contribution in [0.3, 0.4) is 0 Å². The number of fused-ring (bicyclic) bond motifs is 1. The van der Waals surface area contributed by atoms with E-state index in [1.54, 1.807) is 0 Å². The van der Waals surface area contributed by atoms with E-state index in [4.69, 9.17) is 4.74 Å². The summed E-state index contributed by atoms with van der Waals surface area (Å²) in [7, 11) is 0. The quantitative estimate of drug-likeness (QED) is 0.706. The van der Waals surface area contributed by atoms with Crippen molar-refractivity contribution < 1.29 is 14.6 Å². The zero-order valence-electron chi connectivity index (χ0n) is 10.8. The third-order valence-electron chi connectivity index (χ3n) is 4.55. The van der Waals surface area contributed by atoms with E-state index in [1.165, 1.54) is 0 Å². The maximum absolute atomic E-state index is 12.4. The van der Waals surface area contributed by atoms with Crippen molar-refractivity contribution in [1.82, 2.24) is 9.80 Å². The van der Waals surface area contributed by atoms with E-state index < -0.39 is 5.60 Å².